The van der Waals surface area contributed by atoms with Crippen molar-refractivity contribution in [1.82, 2.24) is 20.4 Å². The molecule has 0 saturated carbocycles. The second-order valence-electron chi connectivity index (χ2n) is 3.73. The summed E-state index contributed by atoms with van der Waals surface area (Å²) in [6.45, 7) is 8.55. The molecule has 1 rings (SSSR count). The highest BCUT2D eigenvalue weighted by atomic mass is 16.2. The van der Waals surface area contributed by atoms with Gasteiger partial charge in [-0.1, -0.05) is 6.58 Å². The summed E-state index contributed by atoms with van der Waals surface area (Å²) in [7, 11) is 0. The number of nitrogens with zero attached hydrogens (tertiary/aromatic N) is 2. The summed E-state index contributed by atoms with van der Waals surface area (Å²) in [6.07, 6.45) is 2.91. The Morgan fingerprint density at radius 1 is 1.44 bits per heavy atom. The minimum Gasteiger partial charge on any atom is -0.351 e. The molecule has 0 aliphatic rings. The largest absolute Gasteiger partial charge is 0.351 e. The van der Waals surface area contributed by atoms with Gasteiger partial charge >= 0.3 is 0 Å². The van der Waals surface area contributed by atoms with Gasteiger partial charge in [0.2, 0.25) is 5.91 Å². The van der Waals surface area contributed by atoms with Gasteiger partial charge in [-0.2, -0.15) is 5.10 Å². The average molecular weight is 250 g/mol. The van der Waals surface area contributed by atoms with Crippen molar-refractivity contribution in [2.75, 3.05) is 13.1 Å². The average Bonchev–Trinajstić information content (AvgIpc) is 2.75. The van der Waals surface area contributed by atoms with Gasteiger partial charge in [0.25, 0.3) is 5.91 Å². The lowest BCUT2D eigenvalue weighted by Crippen LogP contribution is -2.34. The maximum Gasteiger partial charge on any atom is 0.254 e. The first-order chi connectivity index (χ1) is 8.58. The highest BCUT2D eigenvalue weighted by Gasteiger charge is 2.12. The zero-order valence-corrected chi connectivity index (χ0v) is 10.7. The molecule has 0 aliphatic carbocycles. The fraction of sp³-hybridized carbons (Fsp3) is 0.417. The Morgan fingerprint density at radius 2 is 2.11 bits per heavy atom. The van der Waals surface area contributed by atoms with Gasteiger partial charge < -0.3 is 10.6 Å². The van der Waals surface area contributed by atoms with E-state index in [9.17, 15) is 9.59 Å². The summed E-state index contributed by atoms with van der Waals surface area (Å²) < 4.78 is 1.71. The molecule has 1 heterocycles. The maximum absolute atomic E-state index is 11.8. The first kappa shape index (κ1) is 14.0. The van der Waals surface area contributed by atoms with E-state index in [1.807, 2.05) is 6.92 Å². The highest BCUT2D eigenvalue weighted by molar-refractivity contribution is 5.95. The lowest BCUT2D eigenvalue weighted by atomic mass is 10.2. The van der Waals surface area contributed by atoms with E-state index in [1.54, 1.807) is 17.8 Å². The van der Waals surface area contributed by atoms with Crippen LogP contribution in [0.4, 0.5) is 0 Å². The highest BCUT2D eigenvalue weighted by Crippen LogP contribution is 2.04. The smallest absolute Gasteiger partial charge is 0.254 e. The van der Waals surface area contributed by atoms with Crippen molar-refractivity contribution in [1.29, 1.82) is 0 Å². The van der Waals surface area contributed by atoms with Crippen molar-refractivity contribution >= 4 is 11.8 Å². The van der Waals surface area contributed by atoms with Crippen molar-refractivity contribution in [3.8, 4) is 0 Å². The Morgan fingerprint density at radius 3 is 2.67 bits per heavy atom. The summed E-state index contributed by atoms with van der Waals surface area (Å²) in [6, 6.07) is 0. The fourth-order valence-corrected chi connectivity index (χ4v) is 1.43. The Labute approximate surface area is 106 Å². The summed E-state index contributed by atoms with van der Waals surface area (Å²) >= 11 is 0. The van der Waals surface area contributed by atoms with E-state index >= 15 is 0 Å². The quantitative estimate of drug-likeness (QED) is 0.561. The van der Waals surface area contributed by atoms with Gasteiger partial charge in [0.15, 0.2) is 0 Å². The Kier molecular flexibility index (Phi) is 5.10. The first-order valence-corrected chi connectivity index (χ1v) is 5.81. The van der Waals surface area contributed by atoms with Crippen molar-refractivity contribution in [2.24, 2.45) is 0 Å². The van der Waals surface area contributed by atoms with Crippen LogP contribution in [0.25, 0.3) is 0 Å². The van der Waals surface area contributed by atoms with Crippen molar-refractivity contribution < 1.29 is 9.59 Å². The Bertz CT molecular complexity index is 451. The SMILES string of the molecule is C=CC(=O)NCCNC(=O)c1cn(CC)nc1C. The lowest BCUT2D eigenvalue weighted by Gasteiger charge is -2.04. The zero-order valence-electron chi connectivity index (χ0n) is 10.7. The van der Waals surface area contributed by atoms with Crippen LogP contribution in [0, 0.1) is 6.92 Å². The molecule has 2 amide bonds. The number of carbonyl (C=O) groups excluding carboxylic acids is 2. The van der Waals surface area contributed by atoms with Crippen LogP contribution in [0.15, 0.2) is 18.9 Å². The van der Waals surface area contributed by atoms with E-state index in [0.29, 0.717) is 24.3 Å². The maximum atomic E-state index is 11.8. The molecule has 0 saturated heterocycles. The summed E-state index contributed by atoms with van der Waals surface area (Å²) in [5.74, 6) is -0.431. The third-order valence-electron chi connectivity index (χ3n) is 2.41. The van der Waals surface area contributed by atoms with Crippen molar-refractivity contribution in [3.63, 3.8) is 0 Å². The van der Waals surface area contributed by atoms with Gasteiger partial charge in [-0.05, 0) is 19.9 Å². The van der Waals surface area contributed by atoms with Gasteiger partial charge in [-0.3, -0.25) is 14.3 Å². The third-order valence-corrected chi connectivity index (χ3v) is 2.41. The number of nitrogens with one attached hydrogen (secondary N) is 2. The molecule has 0 radical (unpaired) electrons. The number of hydrogen-bond acceptors (Lipinski definition) is 3. The third kappa shape index (κ3) is 3.73. The molecular weight excluding hydrogens is 232 g/mol. The molecule has 18 heavy (non-hydrogen) atoms. The number of aromatic nitrogens is 2. The van der Waals surface area contributed by atoms with E-state index in [4.69, 9.17) is 0 Å². The van der Waals surface area contributed by atoms with Gasteiger partial charge in [-0.25, -0.2) is 0 Å². The van der Waals surface area contributed by atoms with Crippen LogP contribution < -0.4 is 10.6 Å². The minimum absolute atomic E-state index is 0.181. The molecule has 0 spiro atoms. The number of rotatable bonds is 6. The van der Waals surface area contributed by atoms with Crippen LogP contribution in [-0.2, 0) is 11.3 Å². The van der Waals surface area contributed by atoms with Crippen LogP contribution in [0.3, 0.4) is 0 Å². The predicted molar refractivity (Wildman–Crippen MR) is 68.2 cm³/mol. The Hall–Kier alpha value is -2.11. The second-order valence-corrected chi connectivity index (χ2v) is 3.73. The number of aryl methyl sites for hydroxylation is 2. The number of hydrogen-bond donors (Lipinski definition) is 2. The number of amides is 2. The van der Waals surface area contributed by atoms with Crippen LogP contribution in [0.5, 0.6) is 0 Å². The monoisotopic (exact) mass is 250 g/mol. The van der Waals surface area contributed by atoms with Crippen LogP contribution in [0.2, 0.25) is 0 Å². The molecule has 6 nitrogen and oxygen atoms in total. The normalized spacial score (nSPS) is 9.89. The molecule has 1 aromatic heterocycles. The van der Waals surface area contributed by atoms with Crippen molar-refractivity contribution in [2.45, 2.75) is 20.4 Å². The Balaban J connectivity index is 2.43. The van der Waals surface area contributed by atoms with E-state index in [2.05, 4.69) is 22.3 Å². The van der Waals surface area contributed by atoms with Gasteiger partial charge in [0.1, 0.15) is 0 Å². The molecule has 0 bridgehead atoms. The first-order valence-electron chi connectivity index (χ1n) is 5.81. The molecule has 0 fully saturated rings. The van der Waals surface area contributed by atoms with E-state index in [-0.39, 0.29) is 11.8 Å². The number of carbonyl (C=O) groups is 2. The molecule has 0 unspecified atom stereocenters. The van der Waals surface area contributed by atoms with E-state index in [0.717, 1.165) is 6.54 Å². The van der Waals surface area contributed by atoms with Gasteiger partial charge in [0.05, 0.1) is 11.3 Å². The molecule has 0 aromatic carbocycles. The molecule has 6 heteroatoms. The summed E-state index contributed by atoms with van der Waals surface area (Å²) in [5.41, 5.74) is 1.26. The predicted octanol–water partition coefficient (Wildman–Crippen LogP) is 0.243. The van der Waals surface area contributed by atoms with E-state index in [1.165, 1.54) is 6.08 Å². The second kappa shape index (κ2) is 6.58. The lowest BCUT2D eigenvalue weighted by molar-refractivity contribution is -0.116. The summed E-state index contributed by atoms with van der Waals surface area (Å²) in [5, 5.41) is 9.49. The van der Waals surface area contributed by atoms with E-state index < -0.39 is 0 Å². The summed E-state index contributed by atoms with van der Waals surface area (Å²) in [4.78, 5) is 22.7. The molecular formula is C12H18N4O2. The van der Waals surface area contributed by atoms with Crippen LogP contribution >= 0.6 is 0 Å². The molecule has 98 valence electrons. The fourth-order valence-electron chi connectivity index (χ4n) is 1.43. The molecule has 0 aliphatic heterocycles. The van der Waals surface area contributed by atoms with Crippen LogP contribution in [-0.4, -0.2) is 34.7 Å². The zero-order chi connectivity index (χ0) is 13.5. The topological polar surface area (TPSA) is 76.0 Å². The molecule has 1 aromatic rings. The van der Waals surface area contributed by atoms with Gasteiger partial charge in [0, 0.05) is 25.8 Å². The van der Waals surface area contributed by atoms with Crippen molar-refractivity contribution in [3.05, 3.63) is 30.1 Å². The molecule has 0 atom stereocenters. The minimum atomic E-state index is -0.251. The standard InChI is InChI=1S/C12H18N4O2/c1-4-11(17)13-6-7-14-12(18)10-8-16(5-2)15-9(10)3/h4,8H,1,5-7H2,2-3H3,(H,13,17)(H,14,18). The van der Waals surface area contributed by atoms with Crippen LogP contribution in [0.1, 0.15) is 23.0 Å². The molecule has 2 N–H and O–H groups in total. The van der Waals surface area contributed by atoms with Gasteiger partial charge in [-0.15, -0.1) is 0 Å².